The van der Waals surface area contributed by atoms with E-state index >= 15 is 0 Å². The van der Waals surface area contributed by atoms with Gasteiger partial charge in [0.15, 0.2) is 0 Å². The second-order valence-electron chi connectivity index (χ2n) is 2.74. The van der Waals surface area contributed by atoms with Crippen LogP contribution in [-0.2, 0) is 20.2 Å². The second kappa shape index (κ2) is 5.50. The van der Waals surface area contributed by atoms with Crippen LogP contribution in [0.5, 0.6) is 11.5 Å². The summed E-state index contributed by atoms with van der Waals surface area (Å²) in [4.78, 5) is -2.14. The molecule has 0 bridgehead atoms. The fourth-order valence-electron chi connectivity index (χ4n) is 0.952. The van der Waals surface area contributed by atoms with Gasteiger partial charge in [0.25, 0.3) is 20.2 Å². The Morgan fingerprint density at radius 1 is 0.765 bits per heavy atom. The molecule has 90 valence electrons. The number of hydrogen-bond acceptors (Lipinski definition) is 6. The van der Waals surface area contributed by atoms with Crippen LogP contribution in [0.4, 0.5) is 0 Å². The SMILES string of the molecule is O=S(=O)(O)c1cc(O)c(S(=O)(=O)O)cc1O.[K+]. The van der Waals surface area contributed by atoms with E-state index in [0.29, 0.717) is 12.1 Å². The Hall–Kier alpha value is 0.276. The van der Waals surface area contributed by atoms with Crippen molar-refractivity contribution in [3.63, 3.8) is 0 Å². The zero-order valence-electron chi connectivity index (χ0n) is 8.39. The molecule has 0 unspecified atom stereocenters. The zero-order valence-corrected chi connectivity index (χ0v) is 13.1. The number of phenols is 2. The molecule has 0 saturated carbocycles. The third-order valence-corrected chi connectivity index (χ3v) is 3.36. The first-order chi connectivity index (χ1) is 7.03. The molecule has 0 aromatic heterocycles. The average Bonchev–Trinajstić information content (AvgIpc) is 2.04. The van der Waals surface area contributed by atoms with Crippen molar-refractivity contribution in [1.29, 1.82) is 0 Å². The van der Waals surface area contributed by atoms with Crippen molar-refractivity contribution in [2.45, 2.75) is 9.79 Å². The van der Waals surface area contributed by atoms with Gasteiger partial charge in [-0.25, -0.2) is 0 Å². The van der Waals surface area contributed by atoms with Crippen LogP contribution in [0.25, 0.3) is 0 Å². The molecule has 0 heterocycles. The molecule has 0 amide bonds. The van der Waals surface area contributed by atoms with Gasteiger partial charge in [-0.1, -0.05) is 0 Å². The van der Waals surface area contributed by atoms with E-state index in [1.54, 1.807) is 0 Å². The molecule has 0 aliphatic rings. The van der Waals surface area contributed by atoms with Crippen LogP contribution in [0, 0.1) is 0 Å². The van der Waals surface area contributed by atoms with Gasteiger partial charge >= 0.3 is 51.4 Å². The van der Waals surface area contributed by atoms with E-state index in [9.17, 15) is 16.8 Å². The Morgan fingerprint density at radius 3 is 1.18 bits per heavy atom. The van der Waals surface area contributed by atoms with Gasteiger partial charge in [0.1, 0.15) is 21.3 Å². The predicted molar refractivity (Wildman–Crippen MR) is 49.4 cm³/mol. The summed E-state index contributed by atoms with van der Waals surface area (Å²) in [6.45, 7) is 0. The first-order valence-electron chi connectivity index (χ1n) is 3.54. The summed E-state index contributed by atoms with van der Waals surface area (Å²) in [7, 11) is -9.61. The van der Waals surface area contributed by atoms with E-state index in [-0.39, 0.29) is 51.4 Å². The third kappa shape index (κ3) is 4.15. The maximum atomic E-state index is 10.6. The zero-order chi connectivity index (χ0) is 12.7. The van der Waals surface area contributed by atoms with Crippen molar-refractivity contribution < 1.29 is 87.5 Å². The minimum Gasteiger partial charge on any atom is -0.506 e. The number of aromatic hydroxyl groups is 2. The average molecular weight is 309 g/mol. The molecule has 8 nitrogen and oxygen atoms in total. The van der Waals surface area contributed by atoms with Crippen molar-refractivity contribution in [3.8, 4) is 11.5 Å². The molecule has 0 fully saturated rings. The molecule has 1 rings (SSSR count). The van der Waals surface area contributed by atoms with Crippen LogP contribution in [0.3, 0.4) is 0 Å². The van der Waals surface area contributed by atoms with Crippen molar-refractivity contribution >= 4 is 20.2 Å². The summed E-state index contributed by atoms with van der Waals surface area (Å²) in [5.74, 6) is -2.24. The standard InChI is InChI=1S/C6H6O8S2.K/c7-3-1-5(15(9,10)11)4(8)2-6(3)16(12,13)14;/h1-2,7-8H,(H,9,10,11)(H,12,13,14);/q;+1. The van der Waals surface area contributed by atoms with Crippen LogP contribution in [0.1, 0.15) is 0 Å². The molecule has 0 saturated heterocycles. The summed E-state index contributed by atoms with van der Waals surface area (Å²) < 4.78 is 59.7. The van der Waals surface area contributed by atoms with Gasteiger partial charge in [0.2, 0.25) is 0 Å². The molecular weight excluding hydrogens is 303 g/mol. The maximum absolute atomic E-state index is 10.6. The van der Waals surface area contributed by atoms with E-state index in [2.05, 4.69) is 0 Å². The smallest absolute Gasteiger partial charge is 0.506 e. The molecule has 4 N–H and O–H groups in total. The minimum atomic E-state index is -4.80. The fraction of sp³-hybridized carbons (Fsp3) is 0. The van der Waals surface area contributed by atoms with Gasteiger partial charge in [-0.2, -0.15) is 16.8 Å². The first kappa shape index (κ1) is 17.3. The Kier molecular flexibility index (Phi) is 5.59. The van der Waals surface area contributed by atoms with Crippen LogP contribution in [-0.4, -0.2) is 36.2 Å². The molecule has 17 heavy (non-hydrogen) atoms. The largest absolute Gasteiger partial charge is 1.00 e. The summed E-state index contributed by atoms with van der Waals surface area (Å²) in [5, 5.41) is 18.2. The monoisotopic (exact) mass is 309 g/mol. The van der Waals surface area contributed by atoms with E-state index < -0.39 is 41.5 Å². The summed E-state index contributed by atoms with van der Waals surface area (Å²) in [6.07, 6.45) is 0. The van der Waals surface area contributed by atoms with Gasteiger partial charge in [-0.3, -0.25) is 9.11 Å². The van der Waals surface area contributed by atoms with Crippen molar-refractivity contribution in [3.05, 3.63) is 12.1 Å². The maximum Gasteiger partial charge on any atom is 1.00 e. The van der Waals surface area contributed by atoms with E-state index in [4.69, 9.17) is 19.3 Å². The van der Waals surface area contributed by atoms with E-state index in [1.807, 2.05) is 0 Å². The van der Waals surface area contributed by atoms with Crippen LogP contribution in [0.15, 0.2) is 21.9 Å². The van der Waals surface area contributed by atoms with Crippen LogP contribution in [0.2, 0.25) is 0 Å². The molecule has 1 aromatic rings. The van der Waals surface area contributed by atoms with Gasteiger partial charge in [0, 0.05) is 12.1 Å². The number of hydrogen-bond donors (Lipinski definition) is 4. The first-order valence-corrected chi connectivity index (χ1v) is 6.42. The summed E-state index contributed by atoms with van der Waals surface area (Å²) in [6, 6.07) is 0.599. The van der Waals surface area contributed by atoms with Gasteiger partial charge in [-0.05, 0) is 0 Å². The van der Waals surface area contributed by atoms with E-state index in [0.717, 1.165) is 0 Å². The normalized spacial score (nSPS) is 11.9. The van der Waals surface area contributed by atoms with Gasteiger partial charge in [0.05, 0.1) is 0 Å². The Balaban J connectivity index is 0.00000256. The summed E-state index contributed by atoms with van der Waals surface area (Å²) in [5.41, 5.74) is 0. The Labute approximate surface area is 139 Å². The fourth-order valence-corrected chi connectivity index (χ4v) is 2.12. The number of phenolic OH excluding ortho intramolecular Hbond substituents is 2. The third-order valence-electron chi connectivity index (χ3n) is 1.60. The van der Waals surface area contributed by atoms with Crippen LogP contribution < -0.4 is 51.4 Å². The quantitative estimate of drug-likeness (QED) is 0.251. The van der Waals surface area contributed by atoms with E-state index in [1.165, 1.54) is 0 Å². The summed E-state index contributed by atoms with van der Waals surface area (Å²) >= 11 is 0. The van der Waals surface area contributed by atoms with Crippen molar-refractivity contribution in [2.24, 2.45) is 0 Å². The van der Waals surface area contributed by atoms with Crippen molar-refractivity contribution in [2.75, 3.05) is 0 Å². The second-order valence-corrected chi connectivity index (χ2v) is 5.52. The molecule has 1 aromatic carbocycles. The molecule has 0 radical (unpaired) electrons. The molecular formula is C6H6KO8S2+. The molecule has 0 atom stereocenters. The Bertz CT molecular complexity index is 574. The minimum absolute atomic E-state index is 0. The van der Waals surface area contributed by atoms with Gasteiger partial charge < -0.3 is 10.2 Å². The van der Waals surface area contributed by atoms with Crippen LogP contribution >= 0.6 is 0 Å². The molecule has 11 heteroatoms. The topological polar surface area (TPSA) is 149 Å². The van der Waals surface area contributed by atoms with Gasteiger partial charge in [-0.15, -0.1) is 0 Å². The molecule has 0 spiro atoms. The van der Waals surface area contributed by atoms with Crippen molar-refractivity contribution in [1.82, 2.24) is 0 Å². The molecule has 0 aliphatic carbocycles. The number of benzene rings is 1. The number of rotatable bonds is 2. The molecule has 0 aliphatic heterocycles. The Morgan fingerprint density at radius 2 is 1.00 bits per heavy atom. The predicted octanol–water partition coefficient (Wildman–Crippen LogP) is -3.40.